The summed E-state index contributed by atoms with van der Waals surface area (Å²) >= 11 is 0. The molecule has 0 atom stereocenters. The summed E-state index contributed by atoms with van der Waals surface area (Å²) in [6.07, 6.45) is 1.51. The van der Waals surface area contributed by atoms with E-state index in [-0.39, 0.29) is 0 Å². The van der Waals surface area contributed by atoms with Gasteiger partial charge in [0.25, 0.3) is 0 Å². The second-order valence-corrected chi connectivity index (χ2v) is 3.55. The fourth-order valence-electron chi connectivity index (χ4n) is 1.61. The zero-order valence-corrected chi connectivity index (χ0v) is 9.00. The molecule has 0 amide bonds. The number of fused-ring (bicyclic) bond motifs is 1. The Morgan fingerprint density at radius 1 is 1.06 bits per heavy atom. The lowest BCUT2D eigenvalue weighted by molar-refractivity contribution is 0.411. The summed E-state index contributed by atoms with van der Waals surface area (Å²) in [5.41, 5.74) is 1.61. The summed E-state index contributed by atoms with van der Waals surface area (Å²) in [6, 6.07) is 11.8. The Hall–Kier alpha value is -2.49. The molecule has 4 heteroatoms. The van der Waals surface area contributed by atoms with Crippen molar-refractivity contribution >= 4 is 17.0 Å². The first-order valence-electron chi connectivity index (χ1n) is 5.19. The van der Waals surface area contributed by atoms with Crippen molar-refractivity contribution in [1.29, 1.82) is 0 Å². The molecule has 4 nitrogen and oxygen atoms in total. The fraction of sp³-hybridized carbons (Fsp3) is 0. The Kier molecular flexibility index (Phi) is 2.19. The topological polar surface area (TPSA) is 51.8 Å². The lowest BCUT2D eigenvalue weighted by Gasteiger charge is -1.97. The van der Waals surface area contributed by atoms with Gasteiger partial charge in [-0.15, -0.1) is 0 Å². The zero-order valence-electron chi connectivity index (χ0n) is 9.00. The number of pyridine rings is 1. The molecule has 0 radical (unpaired) electrons. The largest absolute Gasteiger partial charge is 0.334 e. The molecule has 0 N–H and O–H groups in total. The van der Waals surface area contributed by atoms with Crippen LogP contribution in [0.5, 0.6) is 0 Å². The van der Waals surface area contributed by atoms with E-state index in [0.717, 1.165) is 10.9 Å². The van der Waals surface area contributed by atoms with Crippen molar-refractivity contribution in [3.8, 4) is 11.5 Å². The third-order valence-electron chi connectivity index (χ3n) is 2.44. The van der Waals surface area contributed by atoms with E-state index in [1.807, 2.05) is 36.4 Å². The summed E-state index contributed by atoms with van der Waals surface area (Å²) in [7, 11) is 0. The van der Waals surface area contributed by atoms with Gasteiger partial charge in [-0.05, 0) is 18.2 Å². The van der Waals surface area contributed by atoms with Gasteiger partial charge in [-0.2, -0.15) is 4.98 Å². The molecule has 1 aromatic carbocycles. The van der Waals surface area contributed by atoms with Crippen LogP contribution in [0.15, 0.2) is 47.5 Å². The van der Waals surface area contributed by atoms with Crippen molar-refractivity contribution in [1.82, 2.24) is 15.1 Å². The quantitative estimate of drug-likeness (QED) is 0.670. The zero-order chi connectivity index (χ0) is 11.7. The molecule has 0 aliphatic rings. The van der Waals surface area contributed by atoms with Crippen molar-refractivity contribution in [2.45, 2.75) is 0 Å². The van der Waals surface area contributed by atoms with E-state index >= 15 is 0 Å². The van der Waals surface area contributed by atoms with Gasteiger partial charge in [0, 0.05) is 5.39 Å². The highest BCUT2D eigenvalue weighted by Gasteiger charge is 2.08. The van der Waals surface area contributed by atoms with Gasteiger partial charge >= 0.3 is 0 Å². The highest BCUT2D eigenvalue weighted by molar-refractivity contribution is 5.80. The maximum absolute atomic E-state index is 4.96. The fourth-order valence-corrected chi connectivity index (χ4v) is 1.61. The Bertz CT molecular complexity index is 688. The van der Waals surface area contributed by atoms with E-state index in [2.05, 4.69) is 21.7 Å². The number of nitrogens with zero attached hydrogens (tertiary/aromatic N) is 3. The van der Waals surface area contributed by atoms with E-state index in [4.69, 9.17) is 4.52 Å². The van der Waals surface area contributed by atoms with E-state index in [0.29, 0.717) is 17.4 Å². The van der Waals surface area contributed by atoms with Crippen LogP contribution in [-0.2, 0) is 0 Å². The molecule has 0 aliphatic carbocycles. The second-order valence-electron chi connectivity index (χ2n) is 3.55. The second kappa shape index (κ2) is 3.83. The number of para-hydroxylation sites is 1. The summed E-state index contributed by atoms with van der Waals surface area (Å²) in [5.74, 6) is 0.876. The van der Waals surface area contributed by atoms with E-state index in [1.54, 1.807) is 0 Å². The molecule has 0 bridgehead atoms. The standard InChI is InChI=1S/C13H9N3O/c1-2-12-15-13(16-17-12)11-8-7-9-5-3-4-6-10(9)14-11/h2-8H,1H2. The highest BCUT2D eigenvalue weighted by Crippen LogP contribution is 2.18. The lowest BCUT2D eigenvalue weighted by atomic mass is 10.2. The van der Waals surface area contributed by atoms with Crippen molar-refractivity contribution in [2.75, 3.05) is 0 Å². The number of rotatable bonds is 2. The molecule has 0 saturated carbocycles. The van der Waals surface area contributed by atoms with Crippen LogP contribution < -0.4 is 0 Å². The van der Waals surface area contributed by atoms with Gasteiger partial charge in [-0.1, -0.05) is 36.0 Å². The van der Waals surface area contributed by atoms with Gasteiger partial charge in [0.1, 0.15) is 5.69 Å². The molecule has 3 aromatic rings. The summed E-state index contributed by atoms with van der Waals surface area (Å²) in [4.78, 5) is 8.62. The van der Waals surface area contributed by atoms with Crippen LogP contribution in [0.25, 0.3) is 28.5 Å². The van der Waals surface area contributed by atoms with Crippen LogP contribution in [-0.4, -0.2) is 15.1 Å². The number of benzene rings is 1. The normalized spacial score (nSPS) is 10.6. The molecule has 0 unspecified atom stereocenters. The van der Waals surface area contributed by atoms with Gasteiger partial charge in [-0.3, -0.25) is 0 Å². The maximum Gasteiger partial charge on any atom is 0.250 e. The SMILES string of the molecule is C=Cc1nc(-c2ccc3ccccc3n2)no1. The van der Waals surface area contributed by atoms with E-state index in [1.165, 1.54) is 6.08 Å². The van der Waals surface area contributed by atoms with Crippen molar-refractivity contribution in [3.05, 3.63) is 48.9 Å². The van der Waals surface area contributed by atoms with Crippen molar-refractivity contribution < 1.29 is 4.52 Å². The first-order chi connectivity index (χ1) is 8.36. The molecule has 0 spiro atoms. The number of hydrogen-bond donors (Lipinski definition) is 0. The van der Waals surface area contributed by atoms with E-state index < -0.39 is 0 Å². The number of aromatic nitrogens is 3. The molecular weight excluding hydrogens is 214 g/mol. The van der Waals surface area contributed by atoms with Crippen LogP contribution in [0.2, 0.25) is 0 Å². The van der Waals surface area contributed by atoms with Gasteiger partial charge in [0.15, 0.2) is 0 Å². The summed E-state index contributed by atoms with van der Waals surface area (Å²) in [6.45, 7) is 3.57. The smallest absolute Gasteiger partial charge is 0.250 e. The van der Waals surface area contributed by atoms with Crippen molar-refractivity contribution in [3.63, 3.8) is 0 Å². The molecular formula is C13H9N3O. The first kappa shape index (κ1) is 9.72. The molecule has 3 rings (SSSR count). The minimum atomic E-state index is 0.398. The van der Waals surface area contributed by atoms with Crippen LogP contribution >= 0.6 is 0 Å². The molecule has 17 heavy (non-hydrogen) atoms. The molecule has 2 aromatic heterocycles. The third-order valence-corrected chi connectivity index (χ3v) is 2.44. The van der Waals surface area contributed by atoms with Crippen LogP contribution in [0.1, 0.15) is 5.89 Å². The summed E-state index contributed by atoms with van der Waals surface area (Å²) < 4.78 is 4.96. The Morgan fingerprint density at radius 3 is 2.76 bits per heavy atom. The average molecular weight is 223 g/mol. The number of hydrogen-bond acceptors (Lipinski definition) is 4. The average Bonchev–Trinajstić information content (AvgIpc) is 2.87. The van der Waals surface area contributed by atoms with Gasteiger partial charge in [0.05, 0.1) is 5.52 Å². The molecule has 0 saturated heterocycles. The van der Waals surface area contributed by atoms with Crippen LogP contribution in [0.4, 0.5) is 0 Å². The van der Waals surface area contributed by atoms with Gasteiger partial charge in [0.2, 0.25) is 11.7 Å². The van der Waals surface area contributed by atoms with Crippen LogP contribution in [0.3, 0.4) is 0 Å². The van der Waals surface area contributed by atoms with Crippen LogP contribution in [0, 0.1) is 0 Å². The third kappa shape index (κ3) is 1.69. The summed E-state index contributed by atoms with van der Waals surface area (Å²) in [5, 5.41) is 4.93. The molecule has 2 heterocycles. The van der Waals surface area contributed by atoms with Gasteiger partial charge < -0.3 is 4.52 Å². The molecule has 82 valence electrons. The van der Waals surface area contributed by atoms with Gasteiger partial charge in [-0.25, -0.2) is 4.98 Å². The minimum absolute atomic E-state index is 0.398. The first-order valence-corrected chi connectivity index (χ1v) is 5.19. The van der Waals surface area contributed by atoms with Crippen molar-refractivity contribution in [2.24, 2.45) is 0 Å². The maximum atomic E-state index is 4.96. The minimum Gasteiger partial charge on any atom is -0.334 e. The van der Waals surface area contributed by atoms with E-state index in [9.17, 15) is 0 Å². The Balaban J connectivity index is 2.14. The molecule has 0 aliphatic heterocycles. The monoisotopic (exact) mass is 223 g/mol. The predicted molar refractivity (Wildman–Crippen MR) is 65.1 cm³/mol. The Labute approximate surface area is 97.6 Å². The Morgan fingerprint density at radius 2 is 1.94 bits per heavy atom. The predicted octanol–water partition coefficient (Wildman–Crippen LogP) is 2.93. The molecule has 0 fully saturated rings. The highest BCUT2D eigenvalue weighted by atomic mass is 16.5. The lowest BCUT2D eigenvalue weighted by Crippen LogP contribution is -1.86.